The first kappa shape index (κ1) is 13.0. The summed E-state index contributed by atoms with van der Waals surface area (Å²) in [4.78, 5) is 0. The van der Waals surface area contributed by atoms with Crippen LogP contribution in [0.25, 0.3) is 0 Å². The van der Waals surface area contributed by atoms with Gasteiger partial charge in [0.05, 0.1) is 17.6 Å². The summed E-state index contributed by atoms with van der Waals surface area (Å²) in [6.07, 6.45) is 3.10. The number of hydrogen-bond donors (Lipinski definition) is 2. The lowest BCUT2D eigenvalue weighted by atomic mass is 10.4. The van der Waals surface area contributed by atoms with Crippen molar-refractivity contribution in [3.05, 3.63) is 12.4 Å². The minimum atomic E-state index is -3.28. The summed E-state index contributed by atoms with van der Waals surface area (Å²) in [5, 5.41) is 6.94. The van der Waals surface area contributed by atoms with E-state index in [2.05, 4.69) is 15.1 Å². The molecule has 0 aromatic carbocycles. The number of hydrogen-bond acceptors (Lipinski definition) is 4. The number of aromatic nitrogens is 2. The Morgan fingerprint density at radius 1 is 1.50 bits per heavy atom. The molecule has 0 saturated carbocycles. The van der Waals surface area contributed by atoms with Gasteiger partial charge in [-0.25, -0.2) is 8.42 Å². The Hall–Kier alpha value is -1.08. The van der Waals surface area contributed by atoms with Gasteiger partial charge < -0.3 is 5.32 Å². The van der Waals surface area contributed by atoms with Crippen molar-refractivity contribution >= 4 is 15.7 Å². The second kappa shape index (κ2) is 5.31. The van der Waals surface area contributed by atoms with Crippen molar-refractivity contribution in [3.8, 4) is 0 Å². The van der Waals surface area contributed by atoms with Gasteiger partial charge in [-0.15, -0.1) is 0 Å². The van der Waals surface area contributed by atoms with Crippen LogP contribution >= 0.6 is 0 Å². The molecule has 0 atom stereocenters. The molecule has 0 aliphatic heterocycles. The van der Waals surface area contributed by atoms with Crippen LogP contribution in [0, 0.1) is 0 Å². The molecule has 1 rings (SSSR count). The van der Waals surface area contributed by atoms with E-state index in [1.54, 1.807) is 17.9 Å². The molecular weight excluding hydrogens is 228 g/mol. The van der Waals surface area contributed by atoms with Crippen molar-refractivity contribution in [2.24, 2.45) is 7.05 Å². The maximum Gasteiger partial charge on any atom is 0.234 e. The summed E-state index contributed by atoms with van der Waals surface area (Å²) in [6, 6.07) is 0.286. The highest BCUT2D eigenvalue weighted by atomic mass is 32.2. The Labute approximate surface area is 96.1 Å². The van der Waals surface area contributed by atoms with Crippen LogP contribution in [0.5, 0.6) is 0 Å². The predicted molar refractivity (Wildman–Crippen MR) is 63.8 cm³/mol. The topological polar surface area (TPSA) is 76.0 Å². The molecule has 1 heterocycles. The second-order valence-electron chi connectivity index (χ2n) is 3.93. The van der Waals surface area contributed by atoms with Crippen molar-refractivity contribution in [2.45, 2.75) is 19.9 Å². The van der Waals surface area contributed by atoms with E-state index in [1.807, 2.05) is 13.8 Å². The van der Waals surface area contributed by atoms with Crippen molar-refractivity contribution in [3.63, 3.8) is 0 Å². The fourth-order valence-electron chi connectivity index (χ4n) is 1.19. The van der Waals surface area contributed by atoms with E-state index in [0.717, 1.165) is 0 Å². The van der Waals surface area contributed by atoms with Gasteiger partial charge in [0.1, 0.15) is 0 Å². The molecule has 0 unspecified atom stereocenters. The molecule has 0 saturated heterocycles. The second-order valence-corrected chi connectivity index (χ2v) is 5.77. The SMILES string of the molecule is CC(C)NCCS(=O)(=O)Nc1cnn(C)c1. The molecule has 1 aromatic rings. The van der Waals surface area contributed by atoms with Crippen LogP contribution in [-0.4, -0.2) is 36.5 Å². The Morgan fingerprint density at radius 3 is 2.69 bits per heavy atom. The van der Waals surface area contributed by atoms with E-state index in [9.17, 15) is 8.42 Å². The van der Waals surface area contributed by atoms with Crippen LogP contribution in [0.3, 0.4) is 0 Å². The third kappa shape index (κ3) is 4.63. The van der Waals surface area contributed by atoms with Gasteiger partial charge >= 0.3 is 0 Å². The summed E-state index contributed by atoms with van der Waals surface area (Å²) in [5.74, 6) is 0.0556. The van der Waals surface area contributed by atoms with Gasteiger partial charge in [-0.1, -0.05) is 13.8 Å². The first-order chi connectivity index (χ1) is 7.39. The van der Waals surface area contributed by atoms with Gasteiger partial charge in [-0.05, 0) is 0 Å². The summed E-state index contributed by atoms with van der Waals surface area (Å²) in [6.45, 7) is 4.38. The van der Waals surface area contributed by atoms with Crippen LogP contribution in [0.4, 0.5) is 5.69 Å². The van der Waals surface area contributed by atoms with Crippen LogP contribution < -0.4 is 10.0 Å². The molecule has 92 valence electrons. The molecule has 0 fully saturated rings. The third-order valence-corrected chi connectivity index (χ3v) is 3.19. The maximum atomic E-state index is 11.6. The van der Waals surface area contributed by atoms with Gasteiger partial charge in [0.15, 0.2) is 0 Å². The van der Waals surface area contributed by atoms with E-state index in [4.69, 9.17) is 0 Å². The van der Waals surface area contributed by atoms with Crippen LogP contribution in [-0.2, 0) is 17.1 Å². The fraction of sp³-hybridized carbons (Fsp3) is 0.667. The molecule has 16 heavy (non-hydrogen) atoms. The predicted octanol–water partition coefficient (Wildman–Crippen LogP) is 0.160. The highest BCUT2D eigenvalue weighted by Crippen LogP contribution is 2.06. The lowest BCUT2D eigenvalue weighted by Crippen LogP contribution is -2.30. The number of nitrogens with one attached hydrogen (secondary N) is 2. The summed E-state index contributed by atoms with van der Waals surface area (Å²) in [5.41, 5.74) is 0.493. The molecule has 7 heteroatoms. The quantitative estimate of drug-likeness (QED) is 0.749. The monoisotopic (exact) mass is 246 g/mol. The van der Waals surface area contributed by atoms with Gasteiger partial charge in [-0.2, -0.15) is 5.10 Å². The lowest BCUT2D eigenvalue weighted by molar-refractivity contribution is 0.582. The van der Waals surface area contributed by atoms with Crippen molar-refractivity contribution in [1.82, 2.24) is 15.1 Å². The van der Waals surface area contributed by atoms with Crippen molar-refractivity contribution < 1.29 is 8.42 Å². The molecule has 0 aliphatic rings. The van der Waals surface area contributed by atoms with Gasteiger partial charge in [0.25, 0.3) is 0 Å². The van der Waals surface area contributed by atoms with Crippen LogP contribution in [0.2, 0.25) is 0 Å². The minimum Gasteiger partial charge on any atom is -0.313 e. The summed E-state index contributed by atoms with van der Waals surface area (Å²) >= 11 is 0. The number of anilines is 1. The number of aryl methyl sites for hydroxylation is 1. The molecule has 0 radical (unpaired) electrons. The Bertz CT molecular complexity index is 424. The first-order valence-electron chi connectivity index (χ1n) is 5.11. The highest BCUT2D eigenvalue weighted by Gasteiger charge is 2.11. The molecule has 6 nitrogen and oxygen atoms in total. The van der Waals surface area contributed by atoms with Crippen molar-refractivity contribution in [1.29, 1.82) is 0 Å². The van der Waals surface area contributed by atoms with Gasteiger partial charge in [0.2, 0.25) is 10.0 Å². The standard InChI is InChI=1S/C9H18N4O2S/c1-8(2)10-4-5-16(14,15)12-9-6-11-13(3)7-9/h6-8,10,12H,4-5H2,1-3H3. The largest absolute Gasteiger partial charge is 0.313 e. The average Bonchev–Trinajstić information content (AvgIpc) is 2.48. The lowest BCUT2D eigenvalue weighted by Gasteiger charge is -2.09. The zero-order chi connectivity index (χ0) is 12.2. The highest BCUT2D eigenvalue weighted by molar-refractivity contribution is 7.92. The van der Waals surface area contributed by atoms with Crippen LogP contribution in [0.15, 0.2) is 12.4 Å². The number of sulfonamides is 1. The van der Waals surface area contributed by atoms with E-state index < -0.39 is 10.0 Å². The Kier molecular flexibility index (Phi) is 4.31. The fourth-order valence-corrected chi connectivity index (χ4v) is 2.14. The van der Waals surface area contributed by atoms with E-state index in [1.165, 1.54) is 6.20 Å². The van der Waals surface area contributed by atoms with E-state index in [0.29, 0.717) is 12.2 Å². The van der Waals surface area contributed by atoms with Gasteiger partial charge in [-0.3, -0.25) is 9.40 Å². The normalized spacial score (nSPS) is 12.0. The molecule has 0 bridgehead atoms. The minimum absolute atomic E-state index is 0.0556. The number of nitrogens with zero attached hydrogens (tertiary/aromatic N) is 2. The van der Waals surface area contributed by atoms with Crippen molar-refractivity contribution in [2.75, 3.05) is 17.0 Å². The molecule has 0 amide bonds. The Morgan fingerprint density at radius 2 is 2.19 bits per heavy atom. The maximum absolute atomic E-state index is 11.6. The summed E-state index contributed by atoms with van der Waals surface area (Å²) in [7, 11) is -1.55. The Balaban J connectivity index is 2.46. The molecule has 1 aromatic heterocycles. The molecule has 0 aliphatic carbocycles. The summed E-state index contributed by atoms with van der Waals surface area (Å²) < 4.78 is 27.2. The molecule has 0 spiro atoms. The van der Waals surface area contributed by atoms with Gasteiger partial charge in [0, 0.05) is 25.8 Å². The smallest absolute Gasteiger partial charge is 0.234 e. The van der Waals surface area contributed by atoms with E-state index in [-0.39, 0.29) is 11.8 Å². The molecular formula is C9H18N4O2S. The first-order valence-corrected chi connectivity index (χ1v) is 6.77. The zero-order valence-electron chi connectivity index (χ0n) is 9.77. The molecule has 2 N–H and O–H groups in total. The van der Waals surface area contributed by atoms with E-state index >= 15 is 0 Å². The zero-order valence-corrected chi connectivity index (χ0v) is 10.6. The third-order valence-electron chi connectivity index (χ3n) is 1.90. The number of rotatable bonds is 6. The average molecular weight is 246 g/mol. The van der Waals surface area contributed by atoms with Crippen LogP contribution in [0.1, 0.15) is 13.8 Å².